The molecule has 1 aromatic carbocycles. The molecule has 0 unspecified atom stereocenters. The summed E-state index contributed by atoms with van der Waals surface area (Å²) in [5.41, 5.74) is 1.50. The van der Waals surface area contributed by atoms with Crippen LogP contribution in [0.3, 0.4) is 0 Å². The molecule has 3 nitrogen and oxygen atoms in total. The Labute approximate surface area is 142 Å². The van der Waals surface area contributed by atoms with Crippen molar-refractivity contribution in [3.05, 3.63) is 29.8 Å². The summed E-state index contributed by atoms with van der Waals surface area (Å²) < 4.78 is 0. The highest BCUT2D eigenvalue weighted by Crippen LogP contribution is 2.22. The summed E-state index contributed by atoms with van der Waals surface area (Å²) in [6.45, 7) is 10.4. The van der Waals surface area contributed by atoms with Gasteiger partial charge >= 0.3 is 0 Å². The minimum absolute atomic E-state index is 0.193. The van der Waals surface area contributed by atoms with Gasteiger partial charge in [0, 0.05) is 24.8 Å². The molecule has 0 atom stereocenters. The number of anilines is 1. The smallest absolute Gasteiger partial charge is 0.182 e. The summed E-state index contributed by atoms with van der Waals surface area (Å²) in [5, 5.41) is 0. The van der Waals surface area contributed by atoms with E-state index in [2.05, 4.69) is 42.8 Å². The Morgan fingerprint density at radius 2 is 1.48 bits per heavy atom. The average molecular weight is 319 g/mol. The molecule has 1 aromatic rings. The van der Waals surface area contributed by atoms with E-state index in [9.17, 15) is 4.79 Å². The van der Waals surface area contributed by atoms with Gasteiger partial charge < -0.3 is 4.90 Å². The van der Waals surface area contributed by atoms with Gasteiger partial charge in [-0.15, -0.1) is 0 Å². The zero-order valence-electron chi connectivity index (χ0n) is 15.9. The second-order valence-electron chi connectivity index (χ2n) is 6.99. The van der Waals surface area contributed by atoms with Crippen molar-refractivity contribution in [1.29, 1.82) is 0 Å². The predicted octanol–water partition coefficient (Wildman–Crippen LogP) is 4.62. The van der Waals surface area contributed by atoms with Crippen LogP contribution in [0.15, 0.2) is 24.3 Å². The van der Waals surface area contributed by atoms with Gasteiger partial charge in [-0.05, 0) is 64.5 Å². The molecular weight excluding hydrogens is 284 g/mol. The maximum absolute atomic E-state index is 12.9. The number of likely N-dealkylation sites (N-methyl/N-ethyl adjacent to an activating group) is 1. The molecule has 0 saturated carbocycles. The van der Waals surface area contributed by atoms with Crippen LogP contribution in [0.2, 0.25) is 0 Å². The first-order valence-electron chi connectivity index (χ1n) is 8.91. The van der Waals surface area contributed by atoms with Crippen molar-refractivity contribution in [3.8, 4) is 0 Å². The van der Waals surface area contributed by atoms with E-state index in [-0.39, 0.29) is 5.78 Å². The Morgan fingerprint density at radius 1 is 0.957 bits per heavy atom. The molecule has 130 valence electrons. The first-order chi connectivity index (χ1) is 10.8. The molecule has 0 spiro atoms. The van der Waals surface area contributed by atoms with Gasteiger partial charge in [0.2, 0.25) is 0 Å². The number of hydrogen-bond acceptors (Lipinski definition) is 3. The maximum atomic E-state index is 12.9. The zero-order chi connectivity index (χ0) is 17.5. The maximum Gasteiger partial charge on any atom is 0.182 e. The molecule has 0 radical (unpaired) electrons. The summed E-state index contributed by atoms with van der Waals surface area (Å²) in [6, 6.07) is 8.06. The number of carbonyl (C=O) groups is 1. The Balaban J connectivity index is 2.80. The Morgan fingerprint density at radius 3 is 2.00 bits per heavy atom. The number of nitrogens with zero attached hydrogens (tertiary/aromatic N) is 2. The number of Topliss-reactive ketones (excluding diaryl/α,β-unsaturated/α-hetero) is 1. The van der Waals surface area contributed by atoms with Crippen molar-refractivity contribution in [3.63, 3.8) is 0 Å². The summed E-state index contributed by atoms with van der Waals surface area (Å²) in [4.78, 5) is 17.3. The minimum atomic E-state index is -0.467. The van der Waals surface area contributed by atoms with Gasteiger partial charge in [-0.2, -0.15) is 0 Å². The lowest BCUT2D eigenvalue weighted by Crippen LogP contribution is -2.48. The fourth-order valence-electron chi connectivity index (χ4n) is 2.59. The zero-order valence-corrected chi connectivity index (χ0v) is 15.9. The van der Waals surface area contributed by atoms with Crippen LogP contribution in [0.25, 0.3) is 0 Å². The summed E-state index contributed by atoms with van der Waals surface area (Å²) in [7, 11) is 4.15. The Hall–Kier alpha value is -1.35. The molecule has 0 aliphatic carbocycles. The first-order valence-corrected chi connectivity index (χ1v) is 8.91. The normalized spacial score (nSPS) is 11.8. The quantitative estimate of drug-likeness (QED) is 0.588. The van der Waals surface area contributed by atoms with Crippen LogP contribution in [-0.2, 0) is 0 Å². The standard InChI is InChI=1S/C20H34N2O/c1-7-9-15-21(5)18-13-11-17(12-14-18)19(23)20(3,4)22(6)16-10-8-2/h11-14H,7-10,15-16H2,1-6H3. The van der Waals surface area contributed by atoms with E-state index in [4.69, 9.17) is 0 Å². The lowest BCUT2D eigenvalue weighted by Gasteiger charge is -2.34. The molecule has 0 aliphatic rings. The minimum Gasteiger partial charge on any atom is -0.375 e. The van der Waals surface area contributed by atoms with E-state index < -0.39 is 5.54 Å². The van der Waals surface area contributed by atoms with Crippen LogP contribution in [0.5, 0.6) is 0 Å². The molecule has 0 aliphatic heterocycles. The number of unbranched alkanes of at least 4 members (excludes halogenated alkanes) is 2. The van der Waals surface area contributed by atoms with E-state index in [1.807, 2.05) is 33.0 Å². The van der Waals surface area contributed by atoms with Crippen molar-refractivity contribution in [2.24, 2.45) is 0 Å². The highest BCUT2D eigenvalue weighted by molar-refractivity contribution is 6.02. The SMILES string of the molecule is CCCCN(C)c1ccc(C(=O)C(C)(C)N(C)CCCC)cc1. The summed E-state index contributed by atoms with van der Waals surface area (Å²) >= 11 is 0. The van der Waals surface area contributed by atoms with Crippen molar-refractivity contribution >= 4 is 11.5 Å². The van der Waals surface area contributed by atoms with Gasteiger partial charge in [0.15, 0.2) is 5.78 Å². The van der Waals surface area contributed by atoms with Crippen LogP contribution in [-0.4, -0.2) is 43.4 Å². The third-order valence-corrected chi connectivity index (χ3v) is 4.77. The number of hydrogen-bond donors (Lipinski definition) is 0. The van der Waals surface area contributed by atoms with Crippen molar-refractivity contribution in [2.75, 3.05) is 32.1 Å². The van der Waals surface area contributed by atoms with Gasteiger partial charge in [-0.3, -0.25) is 9.69 Å². The van der Waals surface area contributed by atoms with E-state index in [1.54, 1.807) is 0 Å². The monoisotopic (exact) mass is 318 g/mol. The lowest BCUT2D eigenvalue weighted by atomic mass is 9.91. The van der Waals surface area contributed by atoms with Crippen LogP contribution in [0, 0.1) is 0 Å². The van der Waals surface area contributed by atoms with Gasteiger partial charge in [0.25, 0.3) is 0 Å². The lowest BCUT2D eigenvalue weighted by molar-refractivity contribution is 0.0704. The molecule has 3 heteroatoms. The van der Waals surface area contributed by atoms with E-state index >= 15 is 0 Å². The number of carbonyl (C=O) groups excluding carboxylic acids is 1. The predicted molar refractivity (Wildman–Crippen MR) is 101 cm³/mol. The van der Waals surface area contributed by atoms with Gasteiger partial charge in [-0.25, -0.2) is 0 Å². The third kappa shape index (κ3) is 5.35. The highest BCUT2D eigenvalue weighted by atomic mass is 16.1. The Kier molecular flexibility index (Phi) is 7.77. The van der Waals surface area contributed by atoms with E-state index in [1.165, 1.54) is 18.5 Å². The van der Waals surface area contributed by atoms with Crippen molar-refractivity contribution in [2.45, 2.75) is 58.9 Å². The molecule has 0 bridgehead atoms. The largest absolute Gasteiger partial charge is 0.375 e. The number of rotatable bonds is 10. The van der Waals surface area contributed by atoms with Gasteiger partial charge in [0.05, 0.1) is 5.54 Å². The molecule has 0 saturated heterocycles. The van der Waals surface area contributed by atoms with Crippen LogP contribution < -0.4 is 4.90 Å². The van der Waals surface area contributed by atoms with Crippen molar-refractivity contribution in [1.82, 2.24) is 4.90 Å². The highest BCUT2D eigenvalue weighted by Gasteiger charge is 2.32. The van der Waals surface area contributed by atoms with Crippen LogP contribution >= 0.6 is 0 Å². The van der Waals surface area contributed by atoms with E-state index in [0.717, 1.165) is 31.5 Å². The summed E-state index contributed by atoms with van der Waals surface area (Å²) in [5.74, 6) is 0.193. The molecule has 0 fully saturated rings. The average Bonchev–Trinajstić information content (AvgIpc) is 2.56. The number of benzene rings is 1. The summed E-state index contributed by atoms with van der Waals surface area (Å²) in [6.07, 6.45) is 4.65. The fourth-order valence-corrected chi connectivity index (χ4v) is 2.59. The van der Waals surface area contributed by atoms with Crippen LogP contribution in [0.1, 0.15) is 63.7 Å². The number of ketones is 1. The molecule has 0 N–H and O–H groups in total. The molecule has 0 heterocycles. The molecule has 23 heavy (non-hydrogen) atoms. The van der Waals surface area contributed by atoms with E-state index in [0.29, 0.717) is 0 Å². The fraction of sp³-hybridized carbons (Fsp3) is 0.650. The van der Waals surface area contributed by atoms with Crippen molar-refractivity contribution < 1.29 is 4.79 Å². The second-order valence-corrected chi connectivity index (χ2v) is 6.99. The first kappa shape index (κ1) is 19.7. The topological polar surface area (TPSA) is 23.6 Å². The van der Waals surface area contributed by atoms with Gasteiger partial charge in [-0.1, -0.05) is 26.7 Å². The molecule has 1 rings (SSSR count). The van der Waals surface area contributed by atoms with Crippen LogP contribution in [0.4, 0.5) is 5.69 Å². The molecular formula is C20H34N2O. The third-order valence-electron chi connectivity index (χ3n) is 4.77. The van der Waals surface area contributed by atoms with Gasteiger partial charge in [0.1, 0.15) is 0 Å². The molecule has 0 aromatic heterocycles. The molecule has 0 amide bonds. The second kappa shape index (κ2) is 9.07. The Bertz CT molecular complexity index is 479.